The molecule has 0 aromatic heterocycles. The first kappa shape index (κ1) is 16.0. The molecule has 1 rings (SSSR count). The quantitative estimate of drug-likeness (QED) is 0.737. The summed E-state index contributed by atoms with van der Waals surface area (Å²) in [6, 6.07) is 9.92. The first-order chi connectivity index (χ1) is 9.03. The zero-order valence-electron chi connectivity index (χ0n) is 10.8. The molecule has 0 aliphatic rings. The summed E-state index contributed by atoms with van der Waals surface area (Å²) in [7, 11) is 0. The predicted molar refractivity (Wildman–Crippen MR) is 69.0 cm³/mol. The van der Waals surface area contributed by atoms with Gasteiger partial charge in [0.1, 0.15) is 6.61 Å². The van der Waals surface area contributed by atoms with Crippen molar-refractivity contribution in [2.24, 2.45) is 5.73 Å². The Hall–Kier alpha value is -1.07. The molecule has 2 N–H and O–H groups in total. The lowest BCUT2D eigenvalue weighted by molar-refractivity contribution is -0.174. The zero-order valence-corrected chi connectivity index (χ0v) is 10.8. The molecule has 19 heavy (non-hydrogen) atoms. The van der Waals surface area contributed by atoms with E-state index >= 15 is 0 Å². The normalized spacial score (nSPS) is 13.5. The van der Waals surface area contributed by atoms with Gasteiger partial charge in [-0.25, -0.2) is 0 Å². The molecule has 1 atom stereocenters. The molecule has 0 radical (unpaired) electrons. The molecule has 1 aromatic carbocycles. The highest BCUT2D eigenvalue weighted by molar-refractivity contribution is 5.19. The van der Waals surface area contributed by atoms with Crippen LogP contribution in [0.25, 0.3) is 0 Å². The summed E-state index contributed by atoms with van der Waals surface area (Å²) in [6.45, 7) is -0.467. The Morgan fingerprint density at radius 3 is 2.37 bits per heavy atom. The summed E-state index contributed by atoms with van der Waals surface area (Å²) < 4.78 is 40.0. The maximum atomic E-state index is 11.8. The largest absolute Gasteiger partial charge is 0.411 e. The maximum absolute atomic E-state index is 11.8. The fourth-order valence-electron chi connectivity index (χ4n) is 1.93. The van der Waals surface area contributed by atoms with Crippen LogP contribution < -0.4 is 5.73 Å². The number of ether oxygens (including phenoxy) is 1. The highest BCUT2D eigenvalue weighted by atomic mass is 19.4. The van der Waals surface area contributed by atoms with Gasteiger partial charge in [-0.05, 0) is 30.9 Å². The van der Waals surface area contributed by atoms with Crippen LogP contribution in [-0.2, 0) is 4.74 Å². The summed E-state index contributed by atoms with van der Waals surface area (Å²) in [5.41, 5.74) is 6.90. The van der Waals surface area contributed by atoms with Crippen LogP contribution >= 0.6 is 0 Å². The third kappa shape index (κ3) is 7.18. The molecule has 0 amide bonds. The standard InChI is InChI=1S/C14H20F3NO/c15-14(16,17)11-19-9-5-4-8-13(10-18)12-6-2-1-3-7-12/h1-3,6-7,13H,4-5,8-11,18H2. The number of unbranched alkanes of at least 4 members (excludes halogenated alkanes) is 1. The monoisotopic (exact) mass is 275 g/mol. The van der Waals surface area contributed by atoms with Gasteiger partial charge >= 0.3 is 6.18 Å². The van der Waals surface area contributed by atoms with Gasteiger partial charge in [0.2, 0.25) is 0 Å². The van der Waals surface area contributed by atoms with E-state index in [0.29, 0.717) is 13.0 Å². The summed E-state index contributed by atoms with van der Waals surface area (Å²) in [6.07, 6.45) is -1.92. The number of hydrogen-bond donors (Lipinski definition) is 1. The fraction of sp³-hybridized carbons (Fsp3) is 0.571. The van der Waals surface area contributed by atoms with Crippen molar-refractivity contribution in [3.05, 3.63) is 35.9 Å². The van der Waals surface area contributed by atoms with Gasteiger partial charge in [-0.2, -0.15) is 13.2 Å². The van der Waals surface area contributed by atoms with Crippen LogP contribution in [0, 0.1) is 0 Å². The van der Waals surface area contributed by atoms with Crippen molar-refractivity contribution in [2.75, 3.05) is 19.8 Å². The number of alkyl halides is 3. The molecule has 0 aliphatic carbocycles. The average Bonchev–Trinajstić information content (AvgIpc) is 2.38. The first-order valence-corrected chi connectivity index (χ1v) is 6.42. The van der Waals surface area contributed by atoms with E-state index in [0.717, 1.165) is 12.8 Å². The minimum atomic E-state index is -4.23. The lowest BCUT2D eigenvalue weighted by Crippen LogP contribution is -2.17. The molecule has 0 saturated heterocycles. The van der Waals surface area contributed by atoms with E-state index in [2.05, 4.69) is 4.74 Å². The SMILES string of the molecule is NCC(CCCCOCC(F)(F)F)c1ccccc1. The molecule has 0 bridgehead atoms. The molecule has 5 heteroatoms. The van der Waals surface area contributed by atoms with E-state index in [1.54, 1.807) is 0 Å². The highest BCUT2D eigenvalue weighted by Gasteiger charge is 2.27. The van der Waals surface area contributed by atoms with Crippen LogP contribution in [-0.4, -0.2) is 25.9 Å². The minimum absolute atomic E-state index is 0.144. The number of nitrogens with two attached hydrogens (primary N) is 1. The Kier molecular flexibility index (Phi) is 6.87. The Morgan fingerprint density at radius 2 is 1.79 bits per heavy atom. The molecule has 1 aromatic rings. The van der Waals surface area contributed by atoms with Crippen LogP contribution in [0.15, 0.2) is 30.3 Å². The minimum Gasteiger partial charge on any atom is -0.372 e. The van der Waals surface area contributed by atoms with Gasteiger partial charge in [-0.15, -0.1) is 0 Å². The van der Waals surface area contributed by atoms with Crippen molar-refractivity contribution < 1.29 is 17.9 Å². The lowest BCUT2D eigenvalue weighted by atomic mass is 9.94. The molecular formula is C14H20F3NO. The van der Waals surface area contributed by atoms with E-state index in [4.69, 9.17) is 5.73 Å². The molecule has 0 aliphatic heterocycles. The molecule has 2 nitrogen and oxygen atoms in total. The molecule has 0 fully saturated rings. The second-order valence-corrected chi connectivity index (χ2v) is 4.51. The Labute approximate surface area is 111 Å². The van der Waals surface area contributed by atoms with Crippen molar-refractivity contribution in [1.82, 2.24) is 0 Å². The van der Waals surface area contributed by atoms with Crippen LogP contribution in [0.2, 0.25) is 0 Å². The third-order valence-electron chi connectivity index (χ3n) is 2.91. The topological polar surface area (TPSA) is 35.2 Å². The summed E-state index contributed by atoms with van der Waals surface area (Å²) >= 11 is 0. The molecule has 0 heterocycles. The van der Waals surface area contributed by atoms with Gasteiger partial charge in [-0.1, -0.05) is 36.8 Å². The second-order valence-electron chi connectivity index (χ2n) is 4.51. The summed E-state index contributed by atoms with van der Waals surface area (Å²) in [5.74, 6) is 0.267. The molecule has 0 saturated carbocycles. The summed E-state index contributed by atoms with van der Waals surface area (Å²) in [5, 5.41) is 0. The Balaban J connectivity index is 2.17. The predicted octanol–water partition coefficient (Wildman–Crippen LogP) is 3.48. The first-order valence-electron chi connectivity index (χ1n) is 6.42. The maximum Gasteiger partial charge on any atom is 0.411 e. The van der Waals surface area contributed by atoms with Crippen LogP contribution in [0.4, 0.5) is 13.2 Å². The highest BCUT2D eigenvalue weighted by Crippen LogP contribution is 2.21. The number of benzene rings is 1. The van der Waals surface area contributed by atoms with Gasteiger partial charge in [0.05, 0.1) is 0 Å². The van der Waals surface area contributed by atoms with Gasteiger partial charge in [0, 0.05) is 6.61 Å². The van der Waals surface area contributed by atoms with Gasteiger partial charge in [0.15, 0.2) is 0 Å². The van der Waals surface area contributed by atoms with Crippen molar-refractivity contribution in [2.45, 2.75) is 31.4 Å². The fourth-order valence-corrected chi connectivity index (χ4v) is 1.93. The number of halogens is 3. The van der Waals surface area contributed by atoms with Crippen molar-refractivity contribution in [1.29, 1.82) is 0 Å². The van der Waals surface area contributed by atoms with Gasteiger partial charge in [0.25, 0.3) is 0 Å². The second kappa shape index (κ2) is 8.17. The van der Waals surface area contributed by atoms with Crippen molar-refractivity contribution >= 4 is 0 Å². The lowest BCUT2D eigenvalue weighted by Gasteiger charge is -2.15. The molecule has 0 spiro atoms. The smallest absolute Gasteiger partial charge is 0.372 e. The molecule has 108 valence electrons. The van der Waals surface area contributed by atoms with E-state index < -0.39 is 12.8 Å². The van der Waals surface area contributed by atoms with Gasteiger partial charge < -0.3 is 10.5 Å². The van der Waals surface area contributed by atoms with E-state index in [1.807, 2.05) is 30.3 Å². The summed E-state index contributed by atoms with van der Waals surface area (Å²) in [4.78, 5) is 0. The van der Waals surface area contributed by atoms with Crippen LogP contribution in [0.5, 0.6) is 0 Å². The van der Waals surface area contributed by atoms with Crippen molar-refractivity contribution in [3.8, 4) is 0 Å². The number of hydrogen-bond acceptors (Lipinski definition) is 2. The number of rotatable bonds is 8. The third-order valence-corrected chi connectivity index (χ3v) is 2.91. The Bertz CT molecular complexity index is 340. The molecular weight excluding hydrogens is 255 g/mol. The van der Waals surface area contributed by atoms with Crippen LogP contribution in [0.3, 0.4) is 0 Å². The van der Waals surface area contributed by atoms with E-state index in [-0.39, 0.29) is 12.5 Å². The average molecular weight is 275 g/mol. The molecule has 1 unspecified atom stereocenters. The zero-order chi connectivity index (χ0) is 14.1. The van der Waals surface area contributed by atoms with Crippen LogP contribution in [0.1, 0.15) is 30.7 Å². The van der Waals surface area contributed by atoms with E-state index in [9.17, 15) is 13.2 Å². The Morgan fingerprint density at radius 1 is 1.11 bits per heavy atom. The van der Waals surface area contributed by atoms with E-state index in [1.165, 1.54) is 5.56 Å². The van der Waals surface area contributed by atoms with Crippen molar-refractivity contribution in [3.63, 3.8) is 0 Å². The van der Waals surface area contributed by atoms with Gasteiger partial charge in [-0.3, -0.25) is 0 Å².